The molecule has 86 valence electrons. The highest BCUT2D eigenvalue weighted by Gasteiger charge is 2.22. The van der Waals surface area contributed by atoms with Gasteiger partial charge in [0.1, 0.15) is 0 Å². The molecule has 0 aliphatic carbocycles. The molecule has 0 amide bonds. The summed E-state index contributed by atoms with van der Waals surface area (Å²) in [7, 11) is 1.82. The summed E-state index contributed by atoms with van der Waals surface area (Å²) in [6, 6.07) is 0.500. The number of hydrogen-bond donors (Lipinski definition) is 1. The number of ether oxygens (including phenoxy) is 1. The molecule has 2 heteroatoms. The maximum atomic E-state index is 5.55. The Balaban J connectivity index is 4.12. The van der Waals surface area contributed by atoms with Crippen LogP contribution < -0.4 is 5.32 Å². The third-order valence-corrected chi connectivity index (χ3v) is 2.62. The average Bonchev–Trinajstić information content (AvgIpc) is 2.16. The van der Waals surface area contributed by atoms with Gasteiger partial charge in [0.25, 0.3) is 0 Å². The Kier molecular flexibility index (Phi) is 8.20. The van der Waals surface area contributed by atoms with Gasteiger partial charge in [0, 0.05) is 13.2 Å². The first-order valence-electron chi connectivity index (χ1n) is 5.93. The molecule has 0 rings (SSSR count). The number of methoxy groups -OCH3 is 1. The fraction of sp³-hybridized carbons (Fsp3) is 1.00. The molecule has 0 spiro atoms. The SMILES string of the molecule is CCCNC(C(C)C)C(CCC)OC. The molecule has 0 saturated carbocycles. The Morgan fingerprint density at radius 1 is 1.14 bits per heavy atom. The van der Waals surface area contributed by atoms with Crippen molar-refractivity contribution < 1.29 is 4.74 Å². The fourth-order valence-corrected chi connectivity index (χ4v) is 1.84. The van der Waals surface area contributed by atoms with Gasteiger partial charge >= 0.3 is 0 Å². The van der Waals surface area contributed by atoms with Crippen LogP contribution in [0.15, 0.2) is 0 Å². The lowest BCUT2D eigenvalue weighted by atomic mass is 9.95. The van der Waals surface area contributed by atoms with E-state index in [9.17, 15) is 0 Å². The van der Waals surface area contributed by atoms with Crippen molar-refractivity contribution in [3.63, 3.8) is 0 Å². The van der Waals surface area contributed by atoms with Crippen LogP contribution in [0, 0.1) is 5.92 Å². The van der Waals surface area contributed by atoms with E-state index in [1.807, 2.05) is 7.11 Å². The van der Waals surface area contributed by atoms with E-state index in [0.717, 1.165) is 13.0 Å². The van der Waals surface area contributed by atoms with E-state index in [2.05, 4.69) is 33.0 Å². The van der Waals surface area contributed by atoms with E-state index in [-0.39, 0.29) is 0 Å². The number of rotatable bonds is 8. The Labute approximate surface area is 89.4 Å². The van der Waals surface area contributed by atoms with E-state index in [4.69, 9.17) is 4.74 Å². The van der Waals surface area contributed by atoms with Gasteiger partial charge in [-0.3, -0.25) is 0 Å². The number of nitrogens with one attached hydrogen (secondary N) is 1. The molecule has 0 bridgehead atoms. The van der Waals surface area contributed by atoms with Crippen molar-refractivity contribution in [3.05, 3.63) is 0 Å². The Bertz CT molecular complexity index is 125. The van der Waals surface area contributed by atoms with Crippen molar-refractivity contribution in [2.24, 2.45) is 5.92 Å². The second kappa shape index (κ2) is 8.25. The maximum absolute atomic E-state index is 5.55. The van der Waals surface area contributed by atoms with Gasteiger partial charge in [0.05, 0.1) is 6.10 Å². The molecule has 0 heterocycles. The lowest BCUT2D eigenvalue weighted by molar-refractivity contribution is 0.0460. The van der Waals surface area contributed by atoms with Gasteiger partial charge in [0.2, 0.25) is 0 Å². The Morgan fingerprint density at radius 3 is 2.14 bits per heavy atom. The first kappa shape index (κ1) is 13.9. The lowest BCUT2D eigenvalue weighted by Crippen LogP contribution is -2.45. The first-order valence-corrected chi connectivity index (χ1v) is 5.93. The van der Waals surface area contributed by atoms with Crippen LogP contribution in [0.2, 0.25) is 0 Å². The van der Waals surface area contributed by atoms with Gasteiger partial charge in [-0.2, -0.15) is 0 Å². The zero-order valence-electron chi connectivity index (χ0n) is 10.5. The molecule has 0 aromatic heterocycles. The maximum Gasteiger partial charge on any atom is 0.0726 e. The lowest BCUT2D eigenvalue weighted by Gasteiger charge is -2.30. The second-order valence-corrected chi connectivity index (χ2v) is 4.29. The molecule has 0 aromatic rings. The minimum atomic E-state index is 0.367. The quantitative estimate of drug-likeness (QED) is 0.652. The zero-order chi connectivity index (χ0) is 11.0. The predicted molar refractivity (Wildman–Crippen MR) is 62.6 cm³/mol. The van der Waals surface area contributed by atoms with Crippen molar-refractivity contribution in [1.82, 2.24) is 5.32 Å². The summed E-state index contributed by atoms with van der Waals surface area (Å²) < 4.78 is 5.55. The van der Waals surface area contributed by atoms with Crippen molar-refractivity contribution in [2.75, 3.05) is 13.7 Å². The molecule has 0 aliphatic rings. The molecule has 2 unspecified atom stereocenters. The number of hydrogen-bond acceptors (Lipinski definition) is 2. The normalized spacial score (nSPS) is 15.9. The second-order valence-electron chi connectivity index (χ2n) is 4.29. The predicted octanol–water partition coefficient (Wildman–Crippen LogP) is 2.83. The Morgan fingerprint density at radius 2 is 1.79 bits per heavy atom. The van der Waals surface area contributed by atoms with Crippen LogP contribution in [0.3, 0.4) is 0 Å². The first-order chi connectivity index (χ1) is 6.67. The molecular weight excluding hydrogens is 174 g/mol. The van der Waals surface area contributed by atoms with Gasteiger partial charge in [-0.25, -0.2) is 0 Å². The third-order valence-electron chi connectivity index (χ3n) is 2.62. The van der Waals surface area contributed by atoms with Crippen LogP contribution in [0.5, 0.6) is 0 Å². The Hall–Kier alpha value is -0.0800. The van der Waals surface area contributed by atoms with Crippen LogP contribution in [0.1, 0.15) is 47.0 Å². The van der Waals surface area contributed by atoms with E-state index < -0.39 is 0 Å². The molecule has 0 saturated heterocycles. The summed E-state index contributed by atoms with van der Waals surface area (Å²) in [5.74, 6) is 0.637. The van der Waals surface area contributed by atoms with Gasteiger partial charge < -0.3 is 10.1 Å². The smallest absolute Gasteiger partial charge is 0.0726 e. The highest BCUT2D eigenvalue weighted by molar-refractivity contribution is 4.79. The van der Waals surface area contributed by atoms with Crippen molar-refractivity contribution in [3.8, 4) is 0 Å². The fourth-order valence-electron chi connectivity index (χ4n) is 1.84. The van der Waals surface area contributed by atoms with Gasteiger partial charge in [-0.1, -0.05) is 34.1 Å². The van der Waals surface area contributed by atoms with Gasteiger partial charge in [0.15, 0.2) is 0 Å². The van der Waals surface area contributed by atoms with Crippen LogP contribution in [-0.2, 0) is 4.74 Å². The molecule has 0 fully saturated rings. The highest BCUT2D eigenvalue weighted by atomic mass is 16.5. The molecule has 0 aromatic carbocycles. The van der Waals surface area contributed by atoms with Crippen molar-refractivity contribution in [1.29, 1.82) is 0 Å². The standard InChI is InChI=1S/C12H27NO/c1-6-8-11(14-5)12(10(3)4)13-9-7-2/h10-13H,6-9H2,1-5H3. The molecule has 1 N–H and O–H groups in total. The monoisotopic (exact) mass is 201 g/mol. The summed E-state index contributed by atoms with van der Waals surface area (Å²) in [6.07, 6.45) is 3.89. The molecule has 2 atom stereocenters. The van der Waals surface area contributed by atoms with Crippen LogP contribution in [0.4, 0.5) is 0 Å². The van der Waals surface area contributed by atoms with Gasteiger partial charge in [-0.05, 0) is 25.3 Å². The van der Waals surface area contributed by atoms with Crippen molar-refractivity contribution >= 4 is 0 Å². The van der Waals surface area contributed by atoms with Crippen LogP contribution in [0.25, 0.3) is 0 Å². The van der Waals surface area contributed by atoms with Crippen LogP contribution >= 0.6 is 0 Å². The molecular formula is C12H27NO. The third kappa shape index (κ3) is 4.97. The van der Waals surface area contributed by atoms with E-state index in [1.54, 1.807) is 0 Å². The van der Waals surface area contributed by atoms with Crippen LogP contribution in [-0.4, -0.2) is 25.8 Å². The summed E-state index contributed by atoms with van der Waals surface area (Å²) in [4.78, 5) is 0. The largest absolute Gasteiger partial charge is 0.380 e. The average molecular weight is 201 g/mol. The molecule has 14 heavy (non-hydrogen) atoms. The minimum absolute atomic E-state index is 0.367. The summed E-state index contributed by atoms with van der Waals surface area (Å²) in [5.41, 5.74) is 0. The minimum Gasteiger partial charge on any atom is -0.380 e. The molecule has 0 radical (unpaired) electrons. The topological polar surface area (TPSA) is 21.3 Å². The molecule has 0 aliphatic heterocycles. The van der Waals surface area contributed by atoms with Gasteiger partial charge in [-0.15, -0.1) is 0 Å². The zero-order valence-corrected chi connectivity index (χ0v) is 10.5. The summed E-state index contributed by atoms with van der Waals surface area (Å²) in [6.45, 7) is 10.0. The molecule has 2 nitrogen and oxygen atoms in total. The highest BCUT2D eigenvalue weighted by Crippen LogP contribution is 2.14. The summed E-state index contributed by atoms with van der Waals surface area (Å²) in [5, 5.41) is 3.58. The van der Waals surface area contributed by atoms with Crippen molar-refractivity contribution in [2.45, 2.75) is 59.1 Å². The van der Waals surface area contributed by atoms with E-state index >= 15 is 0 Å². The van der Waals surface area contributed by atoms with E-state index in [0.29, 0.717) is 18.1 Å². The summed E-state index contributed by atoms with van der Waals surface area (Å²) >= 11 is 0. The van der Waals surface area contributed by atoms with E-state index in [1.165, 1.54) is 12.8 Å².